The van der Waals surface area contributed by atoms with Gasteiger partial charge in [0.25, 0.3) is 0 Å². The van der Waals surface area contributed by atoms with Gasteiger partial charge in [-0.25, -0.2) is 0 Å². The van der Waals surface area contributed by atoms with Gasteiger partial charge in [-0.05, 0) is 30.8 Å². The van der Waals surface area contributed by atoms with Gasteiger partial charge in [0.1, 0.15) is 11.1 Å². The van der Waals surface area contributed by atoms with Gasteiger partial charge in [-0.1, -0.05) is 41.9 Å². The fourth-order valence-corrected chi connectivity index (χ4v) is 4.74. The van der Waals surface area contributed by atoms with Crippen LogP contribution in [0.5, 0.6) is 5.75 Å². The second-order valence-corrected chi connectivity index (χ2v) is 7.95. The second kappa shape index (κ2) is 8.80. The van der Waals surface area contributed by atoms with E-state index in [-0.39, 0.29) is 11.3 Å². The minimum Gasteiger partial charge on any atom is -0.497 e. The molecular formula is C20H23ClN2O2S. The molecule has 2 aromatic rings. The minimum atomic E-state index is 0.00131. The van der Waals surface area contributed by atoms with Crippen LogP contribution < -0.4 is 4.74 Å². The van der Waals surface area contributed by atoms with E-state index < -0.39 is 0 Å². The van der Waals surface area contributed by atoms with E-state index in [1.165, 1.54) is 0 Å². The largest absolute Gasteiger partial charge is 0.497 e. The zero-order valence-electron chi connectivity index (χ0n) is 15.0. The third-order valence-corrected chi connectivity index (χ3v) is 5.96. The number of carbonyl (C=O) groups excluding carboxylic acids is 1. The van der Waals surface area contributed by atoms with Crippen LogP contribution in [0.15, 0.2) is 48.5 Å². The molecule has 0 N–H and O–H groups in total. The lowest BCUT2D eigenvalue weighted by atomic mass is 10.2. The number of ether oxygens (including phenoxy) is 1. The lowest BCUT2D eigenvalue weighted by molar-refractivity contribution is -0.132. The van der Waals surface area contributed by atoms with E-state index in [0.29, 0.717) is 13.1 Å². The Balaban J connectivity index is 1.64. The summed E-state index contributed by atoms with van der Waals surface area (Å²) in [7, 11) is 3.62. The van der Waals surface area contributed by atoms with Crippen LogP contribution in [0.1, 0.15) is 16.5 Å². The highest BCUT2D eigenvalue weighted by atomic mass is 35.5. The molecule has 0 bridgehead atoms. The molecule has 3 rings (SSSR count). The predicted octanol–water partition coefficient (Wildman–Crippen LogP) is 4.05. The van der Waals surface area contributed by atoms with E-state index >= 15 is 0 Å². The summed E-state index contributed by atoms with van der Waals surface area (Å²) in [4.78, 5) is 16.8. The summed E-state index contributed by atoms with van der Waals surface area (Å²) in [6.45, 7) is 1.83. The van der Waals surface area contributed by atoms with E-state index in [9.17, 15) is 4.79 Å². The molecule has 138 valence electrons. The minimum absolute atomic E-state index is 0.00131. The average Bonchev–Trinajstić information content (AvgIpc) is 3.11. The molecule has 0 aromatic heterocycles. The van der Waals surface area contributed by atoms with E-state index in [1.54, 1.807) is 18.9 Å². The molecule has 1 saturated heterocycles. The lowest BCUT2D eigenvalue weighted by Crippen LogP contribution is -2.38. The Hall–Kier alpha value is -1.69. The Morgan fingerprint density at radius 1 is 1.31 bits per heavy atom. The molecule has 0 unspecified atom stereocenters. The maximum absolute atomic E-state index is 12.9. The summed E-state index contributed by atoms with van der Waals surface area (Å²) in [6, 6.07) is 15.7. The number of hydrogen-bond acceptors (Lipinski definition) is 4. The number of likely N-dealkylation sites (N-methyl/N-ethyl adjacent to an activating group) is 1. The number of carbonyl (C=O) groups is 1. The fourth-order valence-electron chi connectivity index (χ4n) is 3.12. The Morgan fingerprint density at radius 3 is 2.88 bits per heavy atom. The molecule has 1 amide bonds. The Labute approximate surface area is 164 Å². The monoisotopic (exact) mass is 390 g/mol. The SMILES string of the molecule is COc1cccc(CN(C)CC(=O)N2CCS[C@@H]2c2ccccc2Cl)c1. The van der Waals surface area contributed by atoms with Crippen LogP contribution in [-0.4, -0.2) is 48.7 Å². The van der Waals surface area contributed by atoms with Crippen molar-refractivity contribution >= 4 is 29.3 Å². The predicted molar refractivity (Wildman–Crippen MR) is 108 cm³/mol. The highest BCUT2D eigenvalue weighted by Crippen LogP contribution is 2.40. The van der Waals surface area contributed by atoms with Crippen molar-refractivity contribution in [3.63, 3.8) is 0 Å². The molecule has 1 aliphatic heterocycles. The van der Waals surface area contributed by atoms with Crippen molar-refractivity contribution < 1.29 is 9.53 Å². The number of hydrogen-bond donors (Lipinski definition) is 0. The molecule has 1 aliphatic rings. The maximum atomic E-state index is 12.9. The van der Waals surface area contributed by atoms with Crippen LogP contribution in [0, 0.1) is 0 Å². The first-order chi connectivity index (χ1) is 12.6. The van der Waals surface area contributed by atoms with Gasteiger partial charge in [0.05, 0.1) is 13.7 Å². The molecule has 1 heterocycles. The van der Waals surface area contributed by atoms with Gasteiger partial charge in [0, 0.05) is 29.4 Å². The molecule has 0 saturated carbocycles. The molecule has 26 heavy (non-hydrogen) atoms. The number of methoxy groups -OCH3 is 1. The van der Waals surface area contributed by atoms with Gasteiger partial charge in [-0.3, -0.25) is 9.69 Å². The maximum Gasteiger partial charge on any atom is 0.237 e. The van der Waals surface area contributed by atoms with Crippen molar-refractivity contribution in [3.8, 4) is 5.75 Å². The van der Waals surface area contributed by atoms with Crippen molar-refractivity contribution in [2.45, 2.75) is 11.9 Å². The zero-order valence-corrected chi connectivity index (χ0v) is 16.6. The van der Waals surface area contributed by atoms with Crippen LogP contribution in [-0.2, 0) is 11.3 Å². The number of nitrogens with zero attached hydrogens (tertiary/aromatic N) is 2. The zero-order chi connectivity index (χ0) is 18.5. The highest BCUT2D eigenvalue weighted by Gasteiger charge is 2.32. The Morgan fingerprint density at radius 2 is 2.12 bits per heavy atom. The highest BCUT2D eigenvalue weighted by molar-refractivity contribution is 7.99. The Bertz CT molecular complexity index is 771. The molecule has 6 heteroatoms. The van der Waals surface area contributed by atoms with E-state index in [2.05, 4.69) is 0 Å². The molecule has 1 fully saturated rings. The summed E-state index contributed by atoms with van der Waals surface area (Å²) < 4.78 is 5.26. The molecule has 1 atom stereocenters. The summed E-state index contributed by atoms with van der Waals surface area (Å²) >= 11 is 8.11. The van der Waals surface area contributed by atoms with Crippen LogP contribution in [0.2, 0.25) is 5.02 Å². The Kier molecular flexibility index (Phi) is 6.46. The van der Waals surface area contributed by atoms with Crippen LogP contribution in [0.3, 0.4) is 0 Å². The van der Waals surface area contributed by atoms with Crippen molar-refractivity contribution in [2.24, 2.45) is 0 Å². The molecule has 2 aromatic carbocycles. The molecule has 0 aliphatic carbocycles. The first-order valence-corrected chi connectivity index (χ1v) is 9.98. The number of halogens is 1. The third kappa shape index (κ3) is 4.53. The topological polar surface area (TPSA) is 32.8 Å². The van der Waals surface area contributed by atoms with Gasteiger partial charge >= 0.3 is 0 Å². The van der Waals surface area contributed by atoms with Crippen LogP contribution in [0.4, 0.5) is 0 Å². The molecular weight excluding hydrogens is 368 g/mol. The number of benzene rings is 2. The number of thioether (sulfide) groups is 1. The van der Waals surface area contributed by atoms with Crippen LogP contribution in [0.25, 0.3) is 0 Å². The number of amides is 1. The van der Waals surface area contributed by atoms with Gasteiger partial charge in [-0.15, -0.1) is 11.8 Å². The van der Waals surface area contributed by atoms with E-state index in [1.807, 2.05) is 65.4 Å². The molecule has 0 spiro atoms. The van der Waals surface area contributed by atoms with Crippen molar-refractivity contribution in [3.05, 3.63) is 64.7 Å². The second-order valence-electron chi connectivity index (χ2n) is 6.36. The molecule has 0 radical (unpaired) electrons. The number of rotatable bonds is 6. The molecule has 4 nitrogen and oxygen atoms in total. The summed E-state index contributed by atoms with van der Waals surface area (Å²) in [5.41, 5.74) is 2.14. The van der Waals surface area contributed by atoms with Crippen LogP contribution >= 0.6 is 23.4 Å². The summed E-state index contributed by atoms with van der Waals surface area (Å²) in [6.07, 6.45) is 0. The van der Waals surface area contributed by atoms with Crippen molar-refractivity contribution in [1.82, 2.24) is 9.80 Å². The van der Waals surface area contributed by atoms with E-state index in [4.69, 9.17) is 16.3 Å². The van der Waals surface area contributed by atoms with Gasteiger partial charge in [0.15, 0.2) is 0 Å². The van der Waals surface area contributed by atoms with E-state index in [0.717, 1.165) is 34.2 Å². The van der Waals surface area contributed by atoms with Gasteiger partial charge < -0.3 is 9.64 Å². The standard InChI is InChI=1S/C20H23ClN2O2S/c1-22(13-15-6-5-7-16(12-15)25-2)14-19(24)23-10-11-26-20(23)17-8-3-4-9-18(17)21/h3-9,12,20H,10-11,13-14H2,1-2H3/t20-/m1/s1. The first-order valence-electron chi connectivity index (χ1n) is 8.55. The summed E-state index contributed by atoms with van der Waals surface area (Å²) in [5, 5.41) is 0.718. The van der Waals surface area contributed by atoms with Crippen molar-refractivity contribution in [1.29, 1.82) is 0 Å². The lowest BCUT2D eigenvalue weighted by Gasteiger charge is -2.27. The smallest absolute Gasteiger partial charge is 0.237 e. The average molecular weight is 391 g/mol. The van der Waals surface area contributed by atoms with Crippen molar-refractivity contribution in [2.75, 3.05) is 33.0 Å². The van der Waals surface area contributed by atoms with Gasteiger partial charge in [-0.2, -0.15) is 0 Å². The fraction of sp³-hybridized carbons (Fsp3) is 0.350. The third-order valence-electron chi connectivity index (χ3n) is 4.37. The quantitative estimate of drug-likeness (QED) is 0.744. The summed E-state index contributed by atoms with van der Waals surface area (Å²) in [5.74, 6) is 1.89. The first kappa shape index (κ1) is 19.1. The van der Waals surface area contributed by atoms with Gasteiger partial charge in [0.2, 0.25) is 5.91 Å². The normalized spacial score (nSPS) is 16.9.